The molecule has 0 aromatic carbocycles. The molecule has 29 heavy (non-hydrogen) atoms. The standard InChI is InChI=1S/C22H28O7/c1-7-12(2)19(25)28-18-15-13(3)11-27-16(15)17(24)22(29-14(4)23)10-8-9-20(5,26)21(18,22)6/h7,11,18,26H,8-10H2,1-6H3. The number of hydrogen-bond acceptors (Lipinski definition) is 7. The second-order valence-electron chi connectivity index (χ2n) is 8.50. The summed E-state index contributed by atoms with van der Waals surface area (Å²) in [5, 5.41) is 11.5. The highest BCUT2D eigenvalue weighted by Crippen LogP contribution is 2.64. The lowest BCUT2D eigenvalue weighted by atomic mass is 9.49. The van der Waals surface area contributed by atoms with Gasteiger partial charge in [0.2, 0.25) is 5.78 Å². The number of allylic oxidation sites excluding steroid dienone is 1. The van der Waals surface area contributed by atoms with Gasteiger partial charge in [-0.1, -0.05) is 6.08 Å². The second kappa shape index (κ2) is 6.83. The van der Waals surface area contributed by atoms with Gasteiger partial charge in [0, 0.05) is 18.1 Å². The molecule has 0 amide bonds. The van der Waals surface area contributed by atoms with E-state index >= 15 is 0 Å². The Labute approximate surface area is 170 Å². The van der Waals surface area contributed by atoms with Crippen molar-refractivity contribution in [2.75, 3.05) is 0 Å². The van der Waals surface area contributed by atoms with Crippen LogP contribution in [0.3, 0.4) is 0 Å². The monoisotopic (exact) mass is 404 g/mol. The molecule has 0 bridgehead atoms. The Kier molecular flexibility index (Phi) is 5.02. The van der Waals surface area contributed by atoms with Crippen LogP contribution in [0.25, 0.3) is 0 Å². The van der Waals surface area contributed by atoms with E-state index in [1.165, 1.54) is 13.2 Å². The average molecular weight is 404 g/mol. The predicted molar refractivity (Wildman–Crippen MR) is 103 cm³/mol. The molecular formula is C22H28O7. The lowest BCUT2D eigenvalue weighted by Crippen LogP contribution is -2.71. The number of esters is 2. The summed E-state index contributed by atoms with van der Waals surface area (Å²) < 4.78 is 17.1. The lowest BCUT2D eigenvalue weighted by Gasteiger charge is -2.60. The van der Waals surface area contributed by atoms with Crippen molar-refractivity contribution in [1.82, 2.24) is 0 Å². The van der Waals surface area contributed by atoms with E-state index in [2.05, 4.69) is 0 Å². The van der Waals surface area contributed by atoms with Crippen LogP contribution in [0.5, 0.6) is 0 Å². The number of aryl methyl sites for hydroxylation is 1. The van der Waals surface area contributed by atoms with Crippen LogP contribution in [0.1, 0.15) is 81.7 Å². The molecule has 4 atom stereocenters. The van der Waals surface area contributed by atoms with E-state index in [1.807, 2.05) is 0 Å². The molecule has 1 fully saturated rings. The van der Waals surface area contributed by atoms with Gasteiger partial charge < -0.3 is 19.0 Å². The molecule has 1 N–H and O–H groups in total. The summed E-state index contributed by atoms with van der Waals surface area (Å²) in [7, 11) is 0. The number of aliphatic hydroxyl groups is 1. The first-order valence-corrected chi connectivity index (χ1v) is 9.81. The Hall–Kier alpha value is -2.41. The molecule has 0 radical (unpaired) electrons. The van der Waals surface area contributed by atoms with Crippen molar-refractivity contribution in [2.24, 2.45) is 5.41 Å². The number of fused-ring (bicyclic) bond motifs is 2. The van der Waals surface area contributed by atoms with Crippen molar-refractivity contribution < 1.29 is 33.4 Å². The maximum atomic E-state index is 13.6. The first kappa shape index (κ1) is 21.3. The van der Waals surface area contributed by atoms with E-state index in [0.717, 1.165) is 0 Å². The average Bonchev–Trinajstić information content (AvgIpc) is 3.02. The fraction of sp³-hybridized carbons (Fsp3) is 0.591. The van der Waals surface area contributed by atoms with Gasteiger partial charge in [-0.15, -0.1) is 0 Å². The van der Waals surface area contributed by atoms with Crippen molar-refractivity contribution in [3.8, 4) is 0 Å². The van der Waals surface area contributed by atoms with E-state index in [1.54, 1.807) is 40.7 Å². The molecule has 4 unspecified atom stereocenters. The highest BCUT2D eigenvalue weighted by molar-refractivity contribution is 6.05. The van der Waals surface area contributed by atoms with E-state index in [-0.39, 0.29) is 12.2 Å². The molecule has 1 heterocycles. The van der Waals surface area contributed by atoms with Gasteiger partial charge in [-0.2, -0.15) is 0 Å². The minimum Gasteiger partial charge on any atom is -0.460 e. The zero-order chi connectivity index (χ0) is 21.8. The van der Waals surface area contributed by atoms with E-state index in [9.17, 15) is 19.5 Å². The summed E-state index contributed by atoms with van der Waals surface area (Å²) >= 11 is 0. The van der Waals surface area contributed by atoms with Gasteiger partial charge >= 0.3 is 11.9 Å². The zero-order valence-electron chi connectivity index (χ0n) is 17.8. The fourth-order valence-electron chi connectivity index (χ4n) is 4.85. The normalized spacial score (nSPS) is 34.2. The van der Waals surface area contributed by atoms with Gasteiger partial charge in [0.25, 0.3) is 0 Å². The Morgan fingerprint density at radius 2 is 1.93 bits per heavy atom. The molecule has 158 valence electrons. The van der Waals surface area contributed by atoms with Crippen molar-refractivity contribution in [3.63, 3.8) is 0 Å². The Bertz CT molecular complexity index is 906. The van der Waals surface area contributed by atoms with Crippen molar-refractivity contribution in [2.45, 2.75) is 78.1 Å². The summed E-state index contributed by atoms with van der Waals surface area (Å²) in [4.78, 5) is 38.4. The number of ketones is 1. The molecule has 3 rings (SSSR count). The molecule has 7 nitrogen and oxygen atoms in total. The third-order valence-electron chi connectivity index (χ3n) is 6.83. The third-order valence-corrected chi connectivity index (χ3v) is 6.83. The summed E-state index contributed by atoms with van der Waals surface area (Å²) in [6.07, 6.45) is 3.04. The molecule has 2 aliphatic rings. The zero-order valence-corrected chi connectivity index (χ0v) is 17.8. The van der Waals surface area contributed by atoms with Crippen LogP contribution in [0.4, 0.5) is 0 Å². The molecule has 0 spiro atoms. The Morgan fingerprint density at radius 3 is 2.52 bits per heavy atom. The Morgan fingerprint density at radius 1 is 1.28 bits per heavy atom. The minimum atomic E-state index is -1.70. The number of Topliss-reactive ketones (excluding diaryl/α,β-unsaturated/α-hetero) is 1. The maximum absolute atomic E-state index is 13.6. The molecular weight excluding hydrogens is 376 g/mol. The quantitative estimate of drug-likeness (QED) is 0.607. The number of carbonyl (C=O) groups excluding carboxylic acids is 3. The largest absolute Gasteiger partial charge is 0.460 e. The number of carbonyl (C=O) groups is 3. The van der Waals surface area contributed by atoms with Gasteiger partial charge in [-0.05, 0) is 59.4 Å². The van der Waals surface area contributed by atoms with Gasteiger partial charge in [-0.25, -0.2) is 4.79 Å². The van der Waals surface area contributed by atoms with Gasteiger partial charge in [-0.3, -0.25) is 9.59 Å². The van der Waals surface area contributed by atoms with Crippen LogP contribution in [0.2, 0.25) is 0 Å². The Balaban J connectivity index is 2.33. The fourth-order valence-corrected chi connectivity index (χ4v) is 4.85. The highest BCUT2D eigenvalue weighted by Gasteiger charge is 2.74. The highest BCUT2D eigenvalue weighted by atomic mass is 16.6. The lowest BCUT2D eigenvalue weighted by molar-refractivity contribution is -0.250. The summed E-state index contributed by atoms with van der Waals surface area (Å²) in [6.45, 7) is 9.57. The van der Waals surface area contributed by atoms with Crippen LogP contribution in [0, 0.1) is 12.3 Å². The number of furan rings is 1. The SMILES string of the molecule is CC=C(C)C(=O)OC1c2c(C)coc2C(=O)C2(OC(C)=O)CCCC(C)(O)C12C. The molecule has 0 aliphatic heterocycles. The second-order valence-corrected chi connectivity index (χ2v) is 8.50. The van der Waals surface area contributed by atoms with Gasteiger partial charge in [0.15, 0.2) is 11.4 Å². The van der Waals surface area contributed by atoms with Gasteiger partial charge in [0.1, 0.15) is 6.10 Å². The first-order valence-electron chi connectivity index (χ1n) is 9.81. The number of ether oxygens (including phenoxy) is 2. The predicted octanol–water partition coefficient (Wildman–Crippen LogP) is 3.58. The molecule has 1 aromatic rings. The summed E-state index contributed by atoms with van der Waals surface area (Å²) in [5.74, 6) is -1.72. The van der Waals surface area contributed by atoms with Crippen LogP contribution in [-0.2, 0) is 19.1 Å². The van der Waals surface area contributed by atoms with Crippen LogP contribution in [0.15, 0.2) is 22.3 Å². The van der Waals surface area contributed by atoms with Crippen molar-refractivity contribution >= 4 is 17.7 Å². The molecule has 1 saturated carbocycles. The smallest absolute Gasteiger partial charge is 0.334 e. The summed E-state index contributed by atoms with van der Waals surface area (Å²) in [5.41, 5.74) is -3.13. The minimum absolute atomic E-state index is 0.00913. The third kappa shape index (κ3) is 2.78. The number of hydrogen-bond donors (Lipinski definition) is 1. The topological polar surface area (TPSA) is 103 Å². The molecule has 0 saturated heterocycles. The molecule has 2 aliphatic carbocycles. The molecule has 7 heteroatoms. The van der Waals surface area contributed by atoms with Crippen LogP contribution < -0.4 is 0 Å². The van der Waals surface area contributed by atoms with Crippen molar-refractivity contribution in [1.29, 1.82) is 0 Å². The van der Waals surface area contributed by atoms with E-state index < -0.39 is 40.4 Å². The van der Waals surface area contributed by atoms with Gasteiger partial charge in [0.05, 0.1) is 17.3 Å². The van der Waals surface area contributed by atoms with Crippen LogP contribution in [-0.4, -0.2) is 34.0 Å². The number of rotatable bonds is 3. The van der Waals surface area contributed by atoms with E-state index in [4.69, 9.17) is 13.9 Å². The van der Waals surface area contributed by atoms with E-state index in [0.29, 0.717) is 29.5 Å². The van der Waals surface area contributed by atoms with Crippen molar-refractivity contribution in [3.05, 3.63) is 34.8 Å². The summed E-state index contributed by atoms with van der Waals surface area (Å²) in [6, 6.07) is 0. The molecule has 1 aromatic heterocycles. The first-order chi connectivity index (χ1) is 13.4. The maximum Gasteiger partial charge on any atom is 0.334 e. The van der Waals surface area contributed by atoms with Crippen LogP contribution >= 0.6 is 0 Å².